The maximum absolute atomic E-state index is 4.86. The molecule has 0 saturated carbocycles. The van der Waals surface area contributed by atoms with Crippen LogP contribution in [0.3, 0.4) is 0 Å². The van der Waals surface area contributed by atoms with Gasteiger partial charge in [-0.05, 0) is 32.1 Å². The van der Waals surface area contributed by atoms with E-state index in [4.69, 9.17) is 4.98 Å². The highest BCUT2D eigenvalue weighted by Gasteiger charge is 2.22. The average Bonchev–Trinajstić information content (AvgIpc) is 2.70. The SMILES string of the molecule is CC1CCc2nc(CN3CCN[C@@H](C)C3)sc2C1. The fraction of sp³-hybridized carbons (Fsp3) is 0.786. The van der Waals surface area contributed by atoms with E-state index >= 15 is 0 Å². The number of fused-ring (bicyclic) bond motifs is 1. The second-order valence-electron chi connectivity index (χ2n) is 5.92. The Labute approximate surface area is 114 Å². The van der Waals surface area contributed by atoms with Gasteiger partial charge in [0.15, 0.2) is 0 Å². The Balaban J connectivity index is 1.66. The summed E-state index contributed by atoms with van der Waals surface area (Å²) < 4.78 is 0. The number of aryl methyl sites for hydroxylation is 1. The third-order valence-electron chi connectivity index (χ3n) is 4.04. The van der Waals surface area contributed by atoms with E-state index in [0.717, 1.165) is 32.1 Å². The number of rotatable bonds is 2. The van der Waals surface area contributed by atoms with Crippen LogP contribution in [-0.2, 0) is 19.4 Å². The summed E-state index contributed by atoms with van der Waals surface area (Å²) in [4.78, 5) is 8.96. The molecular formula is C14H23N3S. The molecule has 0 radical (unpaired) electrons. The number of nitrogens with one attached hydrogen (secondary N) is 1. The first-order valence-electron chi connectivity index (χ1n) is 7.14. The van der Waals surface area contributed by atoms with E-state index in [1.807, 2.05) is 11.3 Å². The number of piperazine rings is 1. The third-order valence-corrected chi connectivity index (χ3v) is 5.15. The monoisotopic (exact) mass is 265 g/mol. The van der Waals surface area contributed by atoms with E-state index in [1.165, 1.54) is 30.0 Å². The predicted molar refractivity (Wildman–Crippen MR) is 76.0 cm³/mol. The minimum atomic E-state index is 0.619. The molecule has 1 fully saturated rings. The summed E-state index contributed by atoms with van der Waals surface area (Å²) in [5.74, 6) is 0.852. The molecule has 4 heteroatoms. The highest BCUT2D eigenvalue weighted by atomic mass is 32.1. The summed E-state index contributed by atoms with van der Waals surface area (Å²) in [5.41, 5.74) is 1.40. The minimum absolute atomic E-state index is 0.619. The zero-order valence-electron chi connectivity index (χ0n) is 11.4. The van der Waals surface area contributed by atoms with Crippen LogP contribution in [0.15, 0.2) is 0 Å². The van der Waals surface area contributed by atoms with Crippen LogP contribution < -0.4 is 5.32 Å². The number of aromatic nitrogens is 1. The van der Waals surface area contributed by atoms with Crippen molar-refractivity contribution in [1.29, 1.82) is 0 Å². The molecule has 1 aromatic heterocycles. The lowest BCUT2D eigenvalue weighted by molar-refractivity contribution is 0.199. The molecule has 2 aliphatic rings. The van der Waals surface area contributed by atoms with E-state index in [-0.39, 0.29) is 0 Å². The Morgan fingerprint density at radius 3 is 3.17 bits per heavy atom. The van der Waals surface area contributed by atoms with Gasteiger partial charge in [-0.2, -0.15) is 0 Å². The molecule has 2 atom stereocenters. The van der Waals surface area contributed by atoms with Crippen LogP contribution in [0.2, 0.25) is 0 Å². The molecule has 1 aliphatic heterocycles. The van der Waals surface area contributed by atoms with Crippen molar-refractivity contribution < 1.29 is 0 Å². The molecule has 18 heavy (non-hydrogen) atoms. The largest absolute Gasteiger partial charge is 0.312 e. The Kier molecular flexibility index (Phi) is 3.68. The maximum atomic E-state index is 4.86. The summed E-state index contributed by atoms with van der Waals surface area (Å²) >= 11 is 1.96. The highest BCUT2D eigenvalue weighted by molar-refractivity contribution is 7.11. The van der Waals surface area contributed by atoms with Crippen molar-refractivity contribution in [2.24, 2.45) is 5.92 Å². The van der Waals surface area contributed by atoms with Crippen LogP contribution in [-0.4, -0.2) is 35.6 Å². The summed E-state index contributed by atoms with van der Waals surface area (Å²) in [6.45, 7) is 9.11. The third kappa shape index (κ3) is 2.76. The van der Waals surface area contributed by atoms with Gasteiger partial charge >= 0.3 is 0 Å². The van der Waals surface area contributed by atoms with Gasteiger partial charge in [-0.15, -0.1) is 11.3 Å². The fourth-order valence-electron chi connectivity index (χ4n) is 3.01. The van der Waals surface area contributed by atoms with Crippen molar-refractivity contribution >= 4 is 11.3 Å². The molecule has 0 aromatic carbocycles. The molecule has 1 aliphatic carbocycles. The van der Waals surface area contributed by atoms with E-state index < -0.39 is 0 Å². The van der Waals surface area contributed by atoms with Gasteiger partial charge in [0.25, 0.3) is 0 Å². The summed E-state index contributed by atoms with van der Waals surface area (Å²) in [6.07, 6.45) is 3.77. The second kappa shape index (κ2) is 5.27. The first-order valence-corrected chi connectivity index (χ1v) is 7.95. The summed E-state index contributed by atoms with van der Waals surface area (Å²) in [6, 6.07) is 0.619. The zero-order valence-corrected chi connectivity index (χ0v) is 12.2. The van der Waals surface area contributed by atoms with Crippen LogP contribution in [0, 0.1) is 5.92 Å². The van der Waals surface area contributed by atoms with E-state index in [0.29, 0.717) is 6.04 Å². The first-order chi connectivity index (χ1) is 8.70. The summed E-state index contributed by atoms with van der Waals surface area (Å²) in [7, 11) is 0. The van der Waals surface area contributed by atoms with Gasteiger partial charge in [0.2, 0.25) is 0 Å². The number of nitrogens with zero attached hydrogens (tertiary/aromatic N) is 2. The smallest absolute Gasteiger partial charge is 0.107 e. The van der Waals surface area contributed by atoms with Gasteiger partial charge in [-0.25, -0.2) is 4.98 Å². The fourth-order valence-corrected chi connectivity index (χ4v) is 4.33. The normalized spacial score (nSPS) is 29.2. The van der Waals surface area contributed by atoms with Crippen LogP contribution in [0.4, 0.5) is 0 Å². The zero-order chi connectivity index (χ0) is 12.5. The molecule has 2 heterocycles. The molecule has 1 N–H and O–H groups in total. The molecular weight excluding hydrogens is 242 g/mol. The van der Waals surface area contributed by atoms with Crippen LogP contribution in [0.1, 0.15) is 35.8 Å². The molecule has 0 amide bonds. The molecule has 3 rings (SSSR count). The van der Waals surface area contributed by atoms with Crippen molar-refractivity contribution in [3.63, 3.8) is 0 Å². The van der Waals surface area contributed by atoms with Gasteiger partial charge < -0.3 is 5.32 Å². The molecule has 100 valence electrons. The molecule has 0 bridgehead atoms. The molecule has 3 nitrogen and oxygen atoms in total. The van der Waals surface area contributed by atoms with Gasteiger partial charge in [0.1, 0.15) is 5.01 Å². The quantitative estimate of drug-likeness (QED) is 0.887. The summed E-state index contributed by atoms with van der Waals surface area (Å²) in [5, 5.41) is 4.83. The molecule has 1 saturated heterocycles. The van der Waals surface area contributed by atoms with Crippen LogP contribution in [0.5, 0.6) is 0 Å². The van der Waals surface area contributed by atoms with Crippen molar-refractivity contribution in [3.8, 4) is 0 Å². The lowest BCUT2D eigenvalue weighted by Crippen LogP contribution is -2.48. The maximum Gasteiger partial charge on any atom is 0.107 e. The van der Waals surface area contributed by atoms with Gasteiger partial charge in [-0.3, -0.25) is 4.90 Å². The topological polar surface area (TPSA) is 28.2 Å². The predicted octanol–water partition coefficient (Wildman–Crippen LogP) is 2.06. The van der Waals surface area contributed by atoms with Crippen molar-refractivity contribution in [2.45, 2.75) is 45.7 Å². The van der Waals surface area contributed by atoms with Gasteiger partial charge in [0.05, 0.1) is 12.2 Å². The van der Waals surface area contributed by atoms with E-state index in [2.05, 4.69) is 24.1 Å². The highest BCUT2D eigenvalue weighted by Crippen LogP contribution is 2.30. The Morgan fingerprint density at radius 2 is 2.33 bits per heavy atom. The lowest BCUT2D eigenvalue weighted by Gasteiger charge is -2.31. The van der Waals surface area contributed by atoms with Crippen molar-refractivity contribution in [2.75, 3.05) is 19.6 Å². The molecule has 0 spiro atoms. The number of hydrogen-bond donors (Lipinski definition) is 1. The average molecular weight is 265 g/mol. The molecule has 1 unspecified atom stereocenters. The Hall–Kier alpha value is -0.450. The van der Waals surface area contributed by atoms with Gasteiger partial charge in [-0.1, -0.05) is 6.92 Å². The van der Waals surface area contributed by atoms with Crippen LogP contribution >= 0.6 is 11.3 Å². The second-order valence-corrected chi connectivity index (χ2v) is 7.08. The Bertz CT molecular complexity index is 415. The number of thiazole rings is 1. The van der Waals surface area contributed by atoms with E-state index in [1.54, 1.807) is 4.88 Å². The van der Waals surface area contributed by atoms with Gasteiger partial charge in [0, 0.05) is 30.6 Å². The van der Waals surface area contributed by atoms with Crippen molar-refractivity contribution in [3.05, 3.63) is 15.6 Å². The standard InChI is InChI=1S/C14H23N3S/c1-10-3-4-12-13(7-10)18-14(16-12)9-17-6-5-15-11(2)8-17/h10-11,15H,3-9H2,1-2H3/t10?,11-/m0/s1. The van der Waals surface area contributed by atoms with E-state index in [9.17, 15) is 0 Å². The van der Waals surface area contributed by atoms with Crippen LogP contribution in [0.25, 0.3) is 0 Å². The minimum Gasteiger partial charge on any atom is -0.312 e. The lowest BCUT2D eigenvalue weighted by atomic mass is 9.93. The Morgan fingerprint density at radius 1 is 1.44 bits per heavy atom. The number of hydrogen-bond acceptors (Lipinski definition) is 4. The molecule has 1 aromatic rings. The van der Waals surface area contributed by atoms with Crippen molar-refractivity contribution in [1.82, 2.24) is 15.2 Å². The first kappa shape index (κ1) is 12.6.